The van der Waals surface area contributed by atoms with E-state index in [0.29, 0.717) is 17.7 Å². The Bertz CT molecular complexity index is 560. The molecule has 1 atom stereocenters. The molecule has 1 unspecified atom stereocenters. The third-order valence-electron chi connectivity index (χ3n) is 3.03. The van der Waals surface area contributed by atoms with Crippen molar-refractivity contribution in [3.8, 4) is 0 Å². The molecule has 5 heteroatoms. The summed E-state index contributed by atoms with van der Waals surface area (Å²) in [5, 5.41) is 0. The number of benzene rings is 1. The minimum Gasteiger partial charge on any atom is -0.465 e. The quantitative estimate of drug-likeness (QED) is 0.320. The van der Waals surface area contributed by atoms with Crippen molar-refractivity contribution >= 4 is 29.4 Å². The van der Waals surface area contributed by atoms with Crippen molar-refractivity contribution < 1.29 is 19.1 Å². The van der Waals surface area contributed by atoms with Gasteiger partial charge >= 0.3 is 5.97 Å². The molecular formula is C17H21NO4. The van der Waals surface area contributed by atoms with Crippen LogP contribution in [0.3, 0.4) is 0 Å². The molecule has 0 heterocycles. The molecule has 0 aromatic heterocycles. The number of ketones is 2. The summed E-state index contributed by atoms with van der Waals surface area (Å²) >= 11 is 0. The lowest BCUT2D eigenvalue weighted by atomic mass is 10.0. The van der Waals surface area contributed by atoms with Gasteiger partial charge in [-0.2, -0.15) is 0 Å². The van der Waals surface area contributed by atoms with Gasteiger partial charge in [-0.25, -0.2) is 0 Å². The normalized spacial score (nSPS) is 12.1. The highest BCUT2D eigenvalue weighted by Crippen LogP contribution is 2.19. The van der Waals surface area contributed by atoms with E-state index in [1.54, 1.807) is 31.2 Å². The number of carbonyl (C=O) groups is 3. The number of aliphatic imine (C=N–C) groups is 1. The van der Waals surface area contributed by atoms with E-state index in [1.807, 2.05) is 6.92 Å². The zero-order valence-electron chi connectivity index (χ0n) is 13.2. The molecule has 0 saturated carbocycles. The van der Waals surface area contributed by atoms with Gasteiger partial charge in [0, 0.05) is 18.2 Å². The number of nitrogens with zero attached hydrogens (tertiary/aromatic N) is 1. The summed E-state index contributed by atoms with van der Waals surface area (Å²) in [6, 6.07) is 6.80. The van der Waals surface area contributed by atoms with Gasteiger partial charge in [0.2, 0.25) is 0 Å². The maximum absolute atomic E-state index is 12.0. The van der Waals surface area contributed by atoms with Crippen LogP contribution in [0.25, 0.3) is 0 Å². The zero-order chi connectivity index (χ0) is 16.5. The molecule has 0 bridgehead atoms. The van der Waals surface area contributed by atoms with E-state index in [2.05, 4.69) is 4.99 Å². The first-order chi connectivity index (χ1) is 10.5. The van der Waals surface area contributed by atoms with Crippen molar-refractivity contribution in [1.82, 2.24) is 0 Å². The highest BCUT2D eigenvalue weighted by atomic mass is 16.5. The number of Topliss-reactive ketones (excluding diaryl/α,β-unsaturated/α-hetero) is 2. The van der Waals surface area contributed by atoms with Gasteiger partial charge in [-0.05, 0) is 32.4 Å². The van der Waals surface area contributed by atoms with Crippen molar-refractivity contribution in [3.05, 3.63) is 29.8 Å². The van der Waals surface area contributed by atoms with Gasteiger partial charge in [0.15, 0.2) is 17.5 Å². The van der Waals surface area contributed by atoms with Gasteiger partial charge in [-0.3, -0.25) is 19.4 Å². The minimum atomic E-state index is -1.03. The number of ether oxygens (including phenoxy) is 1. The van der Waals surface area contributed by atoms with E-state index in [9.17, 15) is 14.4 Å². The fourth-order valence-electron chi connectivity index (χ4n) is 1.95. The molecule has 0 aliphatic heterocycles. The monoisotopic (exact) mass is 303 g/mol. The molecule has 0 N–H and O–H groups in total. The van der Waals surface area contributed by atoms with Gasteiger partial charge in [-0.1, -0.05) is 19.1 Å². The van der Waals surface area contributed by atoms with Crippen LogP contribution in [0, 0.1) is 5.92 Å². The summed E-state index contributed by atoms with van der Waals surface area (Å²) in [6.45, 7) is 5.19. The number of rotatable bonds is 8. The van der Waals surface area contributed by atoms with E-state index in [0.717, 1.165) is 0 Å². The second-order valence-electron chi connectivity index (χ2n) is 4.80. The average molecular weight is 303 g/mol. The number of hydrogen-bond donors (Lipinski definition) is 0. The third-order valence-corrected chi connectivity index (χ3v) is 3.03. The van der Waals surface area contributed by atoms with E-state index in [1.165, 1.54) is 13.1 Å². The minimum absolute atomic E-state index is 0.125. The van der Waals surface area contributed by atoms with Crippen LogP contribution in [0.15, 0.2) is 29.3 Å². The summed E-state index contributed by atoms with van der Waals surface area (Å²) < 4.78 is 4.92. The Morgan fingerprint density at radius 3 is 2.50 bits per heavy atom. The molecule has 0 aliphatic rings. The van der Waals surface area contributed by atoms with Crippen molar-refractivity contribution in [2.45, 2.75) is 33.6 Å². The highest BCUT2D eigenvalue weighted by Gasteiger charge is 2.25. The summed E-state index contributed by atoms with van der Waals surface area (Å²) in [7, 11) is 0. The first kappa shape index (κ1) is 17.8. The second-order valence-corrected chi connectivity index (χ2v) is 4.80. The Labute approximate surface area is 130 Å². The van der Waals surface area contributed by atoms with Crippen LogP contribution in [0.5, 0.6) is 0 Å². The number of esters is 1. The standard InChI is InChI=1S/C17H21NO4/c1-4-8-16(20)14(17(21)22-5-2)11-18-15-10-7-6-9-13(15)12(3)19/h6-7,9-11,14H,4-5,8H2,1-3H3. The molecule has 118 valence electrons. The molecule has 0 radical (unpaired) electrons. The first-order valence-corrected chi connectivity index (χ1v) is 7.34. The third kappa shape index (κ3) is 4.91. The average Bonchev–Trinajstić information content (AvgIpc) is 2.48. The Kier molecular flexibility index (Phi) is 7.16. The molecule has 1 aromatic carbocycles. The molecule has 0 fully saturated rings. The van der Waals surface area contributed by atoms with E-state index >= 15 is 0 Å². The molecular weight excluding hydrogens is 282 g/mol. The van der Waals surface area contributed by atoms with Crippen LogP contribution in [0.2, 0.25) is 0 Å². The first-order valence-electron chi connectivity index (χ1n) is 7.34. The molecule has 5 nitrogen and oxygen atoms in total. The fraction of sp³-hybridized carbons (Fsp3) is 0.412. The van der Waals surface area contributed by atoms with E-state index in [4.69, 9.17) is 4.74 Å². The maximum atomic E-state index is 12.0. The van der Waals surface area contributed by atoms with Crippen LogP contribution in [0.1, 0.15) is 44.0 Å². The molecule has 0 spiro atoms. The SMILES string of the molecule is CCCC(=O)C(C=Nc1ccccc1C(C)=O)C(=O)OCC. The van der Waals surface area contributed by atoms with Gasteiger partial charge in [0.1, 0.15) is 0 Å². The van der Waals surface area contributed by atoms with Gasteiger partial charge in [-0.15, -0.1) is 0 Å². The number of hydrogen-bond acceptors (Lipinski definition) is 5. The molecule has 1 aromatic rings. The Hall–Kier alpha value is -2.30. The molecule has 22 heavy (non-hydrogen) atoms. The van der Waals surface area contributed by atoms with Gasteiger partial charge in [0.25, 0.3) is 0 Å². The summed E-state index contributed by atoms with van der Waals surface area (Å²) in [6.07, 6.45) is 2.20. The van der Waals surface area contributed by atoms with E-state index in [-0.39, 0.29) is 24.6 Å². The van der Waals surface area contributed by atoms with Crippen molar-refractivity contribution in [2.24, 2.45) is 10.9 Å². The van der Waals surface area contributed by atoms with Crippen LogP contribution in [-0.4, -0.2) is 30.4 Å². The fourth-order valence-corrected chi connectivity index (χ4v) is 1.95. The van der Waals surface area contributed by atoms with E-state index < -0.39 is 11.9 Å². The topological polar surface area (TPSA) is 72.8 Å². The van der Waals surface area contributed by atoms with Crippen LogP contribution >= 0.6 is 0 Å². The Morgan fingerprint density at radius 1 is 1.23 bits per heavy atom. The largest absolute Gasteiger partial charge is 0.465 e. The van der Waals surface area contributed by atoms with Gasteiger partial charge < -0.3 is 4.74 Å². The van der Waals surface area contributed by atoms with Crippen molar-refractivity contribution in [2.75, 3.05) is 6.61 Å². The van der Waals surface area contributed by atoms with Gasteiger partial charge in [0.05, 0.1) is 12.3 Å². The summed E-state index contributed by atoms with van der Waals surface area (Å²) in [4.78, 5) is 39.7. The lowest BCUT2D eigenvalue weighted by Crippen LogP contribution is -2.27. The smallest absolute Gasteiger partial charge is 0.321 e. The Balaban J connectivity index is 3.05. The predicted octanol–water partition coefficient (Wildman–Crippen LogP) is 3.14. The van der Waals surface area contributed by atoms with Crippen LogP contribution in [0.4, 0.5) is 5.69 Å². The lowest BCUT2D eigenvalue weighted by molar-refractivity contribution is -0.148. The lowest BCUT2D eigenvalue weighted by Gasteiger charge is -2.10. The predicted molar refractivity (Wildman–Crippen MR) is 84.6 cm³/mol. The Morgan fingerprint density at radius 2 is 1.91 bits per heavy atom. The zero-order valence-corrected chi connectivity index (χ0v) is 13.2. The van der Waals surface area contributed by atoms with Crippen LogP contribution < -0.4 is 0 Å². The highest BCUT2D eigenvalue weighted by molar-refractivity contribution is 6.12. The summed E-state index contributed by atoms with van der Waals surface area (Å²) in [5.41, 5.74) is 0.887. The van der Waals surface area contributed by atoms with Crippen molar-refractivity contribution in [3.63, 3.8) is 0 Å². The summed E-state index contributed by atoms with van der Waals surface area (Å²) in [5.74, 6) is -1.99. The van der Waals surface area contributed by atoms with Crippen LogP contribution in [-0.2, 0) is 14.3 Å². The molecule has 0 saturated heterocycles. The molecule has 0 amide bonds. The second kappa shape index (κ2) is 8.87. The molecule has 0 aliphatic carbocycles. The number of carbonyl (C=O) groups excluding carboxylic acids is 3. The number of para-hydroxylation sites is 1. The maximum Gasteiger partial charge on any atom is 0.321 e. The van der Waals surface area contributed by atoms with Crippen molar-refractivity contribution in [1.29, 1.82) is 0 Å². The molecule has 1 rings (SSSR count).